The molecular weight excluding hydrogens is 234 g/mol. The zero-order valence-corrected chi connectivity index (χ0v) is 9.39. The highest BCUT2D eigenvalue weighted by Crippen LogP contribution is 2.36. The Bertz CT molecular complexity index is 385. The Kier molecular flexibility index (Phi) is 3.19. The van der Waals surface area contributed by atoms with E-state index in [1.54, 1.807) is 11.8 Å². The predicted molar refractivity (Wildman–Crippen MR) is 61.2 cm³/mol. The maximum absolute atomic E-state index is 10.8. The Morgan fingerprint density at radius 1 is 1.53 bits per heavy atom. The van der Waals surface area contributed by atoms with Crippen LogP contribution in [0.1, 0.15) is 10.9 Å². The Labute approximate surface area is 96.8 Å². The SMILES string of the molecule is O=C(O)[C@H]1CSC(c2ccccc2Cl)N1. The predicted octanol–water partition coefficient (Wildman–Crippen LogP) is 2.13. The van der Waals surface area contributed by atoms with Gasteiger partial charge in [-0.3, -0.25) is 10.1 Å². The topological polar surface area (TPSA) is 49.3 Å². The summed E-state index contributed by atoms with van der Waals surface area (Å²) in [6, 6.07) is 7.01. The highest BCUT2D eigenvalue weighted by Gasteiger charge is 2.30. The molecule has 1 aromatic rings. The Hall–Kier alpha value is -0.710. The van der Waals surface area contributed by atoms with E-state index >= 15 is 0 Å². The number of aliphatic carboxylic acids is 1. The lowest BCUT2D eigenvalue weighted by Gasteiger charge is -2.12. The first-order valence-electron chi connectivity index (χ1n) is 4.53. The molecular formula is C10H10ClNO2S. The third-order valence-corrected chi connectivity index (χ3v) is 3.86. The second-order valence-corrected chi connectivity index (χ2v) is 4.84. The van der Waals surface area contributed by atoms with Crippen molar-refractivity contribution >= 4 is 29.3 Å². The van der Waals surface area contributed by atoms with Gasteiger partial charge in [-0.05, 0) is 11.6 Å². The summed E-state index contributed by atoms with van der Waals surface area (Å²) in [5.74, 6) is -0.234. The van der Waals surface area contributed by atoms with Crippen molar-refractivity contribution < 1.29 is 9.90 Å². The molecule has 0 aliphatic carbocycles. The first kappa shape index (κ1) is 10.8. The molecule has 1 heterocycles. The molecule has 1 aliphatic heterocycles. The summed E-state index contributed by atoms with van der Waals surface area (Å²) in [4.78, 5) is 10.8. The maximum Gasteiger partial charge on any atom is 0.321 e. The quantitative estimate of drug-likeness (QED) is 0.836. The second kappa shape index (κ2) is 4.43. The molecule has 80 valence electrons. The highest BCUT2D eigenvalue weighted by molar-refractivity contribution is 7.99. The summed E-state index contributed by atoms with van der Waals surface area (Å²) in [5, 5.41) is 12.5. The van der Waals surface area contributed by atoms with Crippen LogP contribution < -0.4 is 5.32 Å². The molecule has 1 aliphatic rings. The van der Waals surface area contributed by atoms with E-state index in [4.69, 9.17) is 16.7 Å². The fourth-order valence-corrected chi connectivity index (χ4v) is 3.06. The summed E-state index contributed by atoms with van der Waals surface area (Å²) in [6.07, 6.45) is 0. The zero-order valence-electron chi connectivity index (χ0n) is 7.81. The monoisotopic (exact) mass is 243 g/mol. The van der Waals surface area contributed by atoms with Crippen LogP contribution in [0.3, 0.4) is 0 Å². The number of hydrogen-bond donors (Lipinski definition) is 2. The molecule has 0 saturated carbocycles. The summed E-state index contributed by atoms with van der Waals surface area (Å²) in [7, 11) is 0. The minimum absolute atomic E-state index is 0.0141. The lowest BCUT2D eigenvalue weighted by Crippen LogP contribution is -2.33. The number of carboxylic acid groups (broad SMARTS) is 1. The molecule has 5 heteroatoms. The Morgan fingerprint density at radius 3 is 2.87 bits per heavy atom. The van der Waals surface area contributed by atoms with E-state index in [-0.39, 0.29) is 5.37 Å². The Morgan fingerprint density at radius 2 is 2.27 bits per heavy atom. The summed E-state index contributed by atoms with van der Waals surface area (Å²) in [6.45, 7) is 0. The van der Waals surface area contributed by atoms with Gasteiger partial charge in [0.05, 0.1) is 5.37 Å². The molecule has 0 radical (unpaired) electrons. The van der Waals surface area contributed by atoms with Crippen LogP contribution in [0, 0.1) is 0 Å². The third kappa shape index (κ3) is 2.27. The number of nitrogens with one attached hydrogen (secondary N) is 1. The summed E-state index contributed by atoms with van der Waals surface area (Å²) in [5.41, 5.74) is 0.952. The first-order chi connectivity index (χ1) is 7.18. The van der Waals surface area contributed by atoms with Crippen LogP contribution >= 0.6 is 23.4 Å². The minimum atomic E-state index is -0.808. The van der Waals surface area contributed by atoms with Crippen molar-refractivity contribution in [3.8, 4) is 0 Å². The van der Waals surface area contributed by atoms with Crippen molar-refractivity contribution in [1.82, 2.24) is 5.32 Å². The van der Waals surface area contributed by atoms with E-state index in [9.17, 15) is 4.79 Å². The molecule has 1 aromatic carbocycles. The van der Waals surface area contributed by atoms with Gasteiger partial charge in [0.25, 0.3) is 0 Å². The van der Waals surface area contributed by atoms with Gasteiger partial charge in [-0.25, -0.2) is 0 Å². The smallest absolute Gasteiger partial charge is 0.321 e. The van der Waals surface area contributed by atoms with Gasteiger partial charge < -0.3 is 5.11 Å². The largest absolute Gasteiger partial charge is 0.480 e. The minimum Gasteiger partial charge on any atom is -0.480 e. The molecule has 2 N–H and O–H groups in total. The van der Waals surface area contributed by atoms with Crippen molar-refractivity contribution in [2.24, 2.45) is 0 Å². The van der Waals surface area contributed by atoms with Crippen molar-refractivity contribution in [2.75, 3.05) is 5.75 Å². The fourth-order valence-electron chi connectivity index (χ4n) is 1.48. The average Bonchev–Trinajstić information content (AvgIpc) is 2.67. The molecule has 0 bridgehead atoms. The number of rotatable bonds is 2. The van der Waals surface area contributed by atoms with Gasteiger partial charge in [0.1, 0.15) is 6.04 Å². The van der Waals surface area contributed by atoms with Gasteiger partial charge in [0.15, 0.2) is 0 Å². The van der Waals surface area contributed by atoms with Crippen molar-refractivity contribution in [3.63, 3.8) is 0 Å². The lowest BCUT2D eigenvalue weighted by molar-refractivity contribution is -0.138. The number of halogens is 1. The van der Waals surface area contributed by atoms with Gasteiger partial charge >= 0.3 is 5.97 Å². The summed E-state index contributed by atoms with van der Waals surface area (Å²) >= 11 is 7.60. The molecule has 0 spiro atoms. The van der Waals surface area contributed by atoms with Gasteiger partial charge in [-0.15, -0.1) is 11.8 Å². The zero-order chi connectivity index (χ0) is 10.8. The van der Waals surface area contributed by atoms with Gasteiger partial charge in [-0.1, -0.05) is 29.8 Å². The van der Waals surface area contributed by atoms with E-state index in [1.807, 2.05) is 24.3 Å². The van der Waals surface area contributed by atoms with Crippen molar-refractivity contribution in [3.05, 3.63) is 34.9 Å². The van der Waals surface area contributed by atoms with E-state index in [2.05, 4.69) is 5.32 Å². The number of carboxylic acids is 1. The van der Waals surface area contributed by atoms with E-state index in [0.717, 1.165) is 5.56 Å². The van der Waals surface area contributed by atoms with Crippen LogP contribution in [-0.2, 0) is 4.79 Å². The van der Waals surface area contributed by atoms with Gasteiger partial charge in [0.2, 0.25) is 0 Å². The van der Waals surface area contributed by atoms with E-state index in [1.165, 1.54) is 0 Å². The van der Waals surface area contributed by atoms with Crippen LogP contribution in [0.4, 0.5) is 0 Å². The maximum atomic E-state index is 10.8. The molecule has 0 amide bonds. The molecule has 2 rings (SSSR count). The van der Waals surface area contributed by atoms with Crippen LogP contribution in [0.15, 0.2) is 24.3 Å². The van der Waals surface area contributed by atoms with Crippen LogP contribution in [-0.4, -0.2) is 22.9 Å². The highest BCUT2D eigenvalue weighted by atomic mass is 35.5. The number of benzene rings is 1. The van der Waals surface area contributed by atoms with Gasteiger partial charge in [0, 0.05) is 10.8 Å². The first-order valence-corrected chi connectivity index (χ1v) is 5.96. The molecule has 0 aromatic heterocycles. The fraction of sp³-hybridized carbons (Fsp3) is 0.300. The number of hydrogen-bond acceptors (Lipinski definition) is 3. The number of thioether (sulfide) groups is 1. The van der Waals surface area contributed by atoms with E-state index in [0.29, 0.717) is 10.8 Å². The van der Waals surface area contributed by atoms with Crippen LogP contribution in [0.2, 0.25) is 5.02 Å². The standard InChI is InChI=1S/C10H10ClNO2S/c11-7-4-2-1-3-6(7)9-12-8(5-15-9)10(13)14/h1-4,8-9,12H,5H2,(H,13,14)/t8-,9?/m1/s1. The average molecular weight is 244 g/mol. The Balaban J connectivity index is 2.14. The summed E-state index contributed by atoms with van der Waals surface area (Å²) < 4.78 is 0. The normalized spacial score (nSPS) is 25.4. The van der Waals surface area contributed by atoms with Crippen LogP contribution in [0.25, 0.3) is 0 Å². The number of carbonyl (C=O) groups is 1. The van der Waals surface area contributed by atoms with E-state index < -0.39 is 12.0 Å². The third-order valence-electron chi connectivity index (χ3n) is 2.27. The van der Waals surface area contributed by atoms with Gasteiger partial charge in [-0.2, -0.15) is 0 Å². The molecule has 1 fully saturated rings. The second-order valence-electron chi connectivity index (χ2n) is 3.29. The van der Waals surface area contributed by atoms with Crippen molar-refractivity contribution in [1.29, 1.82) is 0 Å². The molecule has 15 heavy (non-hydrogen) atoms. The van der Waals surface area contributed by atoms with Crippen molar-refractivity contribution in [2.45, 2.75) is 11.4 Å². The molecule has 3 nitrogen and oxygen atoms in total. The lowest BCUT2D eigenvalue weighted by atomic mass is 10.2. The molecule has 1 saturated heterocycles. The molecule has 1 unspecified atom stereocenters. The molecule has 2 atom stereocenters. The van der Waals surface area contributed by atoms with Crippen LogP contribution in [0.5, 0.6) is 0 Å².